The Bertz CT molecular complexity index is 1020. The highest BCUT2D eigenvalue weighted by Crippen LogP contribution is 2.54. The highest BCUT2D eigenvalue weighted by molar-refractivity contribution is 5.65. The van der Waals surface area contributed by atoms with Crippen molar-refractivity contribution in [2.75, 3.05) is 6.61 Å². The van der Waals surface area contributed by atoms with Gasteiger partial charge in [-0.2, -0.15) is 0 Å². The highest BCUT2D eigenvalue weighted by Gasteiger charge is 2.51. The normalized spacial score (nSPS) is 19.7. The van der Waals surface area contributed by atoms with Gasteiger partial charge in [-0.1, -0.05) is 6.58 Å². The van der Waals surface area contributed by atoms with Gasteiger partial charge in [-0.15, -0.1) is 0 Å². The van der Waals surface area contributed by atoms with Crippen LogP contribution in [0.1, 0.15) is 42.5 Å². The van der Waals surface area contributed by atoms with Crippen LogP contribution in [-0.2, 0) is 11.0 Å². The maximum Gasteiger partial charge on any atom is 0.153 e. The van der Waals surface area contributed by atoms with Crippen LogP contribution in [0.25, 0.3) is 11.3 Å². The topological polar surface area (TPSA) is 79.4 Å². The van der Waals surface area contributed by atoms with Crippen LogP contribution >= 0.6 is 0 Å². The maximum absolute atomic E-state index is 15.6. The molecule has 0 unspecified atom stereocenters. The van der Waals surface area contributed by atoms with Gasteiger partial charge in [0.1, 0.15) is 22.9 Å². The molecule has 0 radical (unpaired) electrons. The van der Waals surface area contributed by atoms with E-state index in [2.05, 4.69) is 11.6 Å². The van der Waals surface area contributed by atoms with Gasteiger partial charge >= 0.3 is 0 Å². The number of hydrogen-bond acceptors (Lipinski definition) is 4. The zero-order valence-electron chi connectivity index (χ0n) is 16.1. The minimum atomic E-state index is -1.67. The largest absolute Gasteiger partial charge is 0.402 e. The third-order valence-corrected chi connectivity index (χ3v) is 6.28. The second-order valence-electron chi connectivity index (χ2n) is 8.26. The minimum absolute atomic E-state index is 0.0582. The summed E-state index contributed by atoms with van der Waals surface area (Å²) in [6.45, 7) is 4.61. The summed E-state index contributed by atoms with van der Waals surface area (Å²) in [5.41, 5.74) is 3.54. The van der Waals surface area contributed by atoms with Crippen molar-refractivity contribution in [2.45, 2.75) is 43.6 Å². The second kappa shape index (κ2) is 6.57. The predicted octanol–water partition coefficient (Wildman–Crippen LogP) is 3.57. The van der Waals surface area contributed by atoms with Gasteiger partial charge in [-0.3, -0.25) is 0 Å². The summed E-state index contributed by atoms with van der Waals surface area (Å²) in [6.07, 6.45) is 2.52. The van der Waals surface area contributed by atoms with Crippen molar-refractivity contribution in [1.82, 2.24) is 4.98 Å². The van der Waals surface area contributed by atoms with E-state index in [9.17, 15) is 19.0 Å². The zero-order valence-corrected chi connectivity index (χ0v) is 16.1. The fraction of sp³-hybridized carbons (Fsp3) is 0.409. The number of nitrogens with two attached hydrogens (primary N) is 1. The van der Waals surface area contributed by atoms with Crippen LogP contribution in [0.4, 0.5) is 13.2 Å². The van der Waals surface area contributed by atoms with Crippen molar-refractivity contribution in [3.8, 4) is 11.3 Å². The van der Waals surface area contributed by atoms with Gasteiger partial charge in [-0.05, 0) is 56.2 Å². The standard InChI is InChI=1S/C22H23F3N2O2/c1-11-7-14(17(24)9-16(11)23)20-19(25)15(21(5-6-21)12(2)26)8-18(27-20)22(29,10-28)13-3-4-13/h7-9,13,28-29H,2-6,10,26H2,1H3/t22-/m1/s1. The number of aliphatic hydroxyl groups excluding tert-OH is 1. The first-order valence-corrected chi connectivity index (χ1v) is 9.59. The highest BCUT2D eigenvalue weighted by atomic mass is 19.1. The number of allylic oxidation sites excluding steroid dienone is 1. The molecule has 0 spiro atoms. The minimum Gasteiger partial charge on any atom is -0.402 e. The molecule has 2 aliphatic carbocycles. The Kier molecular flexibility index (Phi) is 4.51. The van der Waals surface area contributed by atoms with E-state index < -0.39 is 35.1 Å². The van der Waals surface area contributed by atoms with Crippen molar-refractivity contribution in [3.63, 3.8) is 0 Å². The second-order valence-corrected chi connectivity index (χ2v) is 8.26. The van der Waals surface area contributed by atoms with Gasteiger partial charge in [0.25, 0.3) is 0 Å². The monoisotopic (exact) mass is 404 g/mol. The summed E-state index contributed by atoms with van der Waals surface area (Å²) in [6, 6.07) is 3.29. The van der Waals surface area contributed by atoms with Gasteiger partial charge < -0.3 is 15.9 Å². The number of benzene rings is 1. The smallest absolute Gasteiger partial charge is 0.153 e. The Balaban J connectivity index is 2.00. The molecular weight excluding hydrogens is 381 g/mol. The Labute approximate surface area is 166 Å². The molecule has 2 fully saturated rings. The molecule has 1 aromatic heterocycles. The molecule has 0 amide bonds. The molecule has 4 N–H and O–H groups in total. The summed E-state index contributed by atoms with van der Waals surface area (Å²) < 4.78 is 43.9. The Morgan fingerprint density at radius 3 is 2.41 bits per heavy atom. The fourth-order valence-corrected chi connectivity index (χ4v) is 3.99. The molecule has 1 heterocycles. The van der Waals surface area contributed by atoms with Crippen molar-refractivity contribution in [2.24, 2.45) is 11.7 Å². The average molecular weight is 404 g/mol. The SMILES string of the molecule is C=C(N)C1(c2cc([C@@](O)(CO)C3CC3)nc(-c3cc(C)c(F)cc3F)c2F)CC1. The van der Waals surface area contributed by atoms with E-state index >= 15 is 4.39 Å². The third-order valence-electron chi connectivity index (χ3n) is 6.28. The zero-order chi connectivity index (χ0) is 21.1. The van der Waals surface area contributed by atoms with Crippen molar-refractivity contribution in [3.05, 3.63) is 64.7 Å². The molecule has 4 nitrogen and oxygen atoms in total. The van der Waals surface area contributed by atoms with Crippen molar-refractivity contribution >= 4 is 0 Å². The average Bonchev–Trinajstić information content (AvgIpc) is 3.56. The van der Waals surface area contributed by atoms with Crippen LogP contribution in [0.3, 0.4) is 0 Å². The van der Waals surface area contributed by atoms with Crippen molar-refractivity contribution in [1.29, 1.82) is 0 Å². The lowest BCUT2D eigenvalue weighted by atomic mass is 9.86. The van der Waals surface area contributed by atoms with Gasteiger partial charge in [0, 0.05) is 28.3 Å². The lowest BCUT2D eigenvalue weighted by molar-refractivity contribution is -0.0418. The molecule has 7 heteroatoms. The molecular formula is C22H23F3N2O2. The summed E-state index contributed by atoms with van der Waals surface area (Å²) >= 11 is 0. The van der Waals surface area contributed by atoms with E-state index in [1.54, 1.807) is 0 Å². The predicted molar refractivity (Wildman–Crippen MR) is 102 cm³/mol. The molecule has 2 aromatic rings. The Morgan fingerprint density at radius 1 is 1.24 bits per heavy atom. The molecule has 154 valence electrons. The van der Waals surface area contributed by atoms with Crippen LogP contribution < -0.4 is 5.73 Å². The fourth-order valence-electron chi connectivity index (χ4n) is 3.99. The van der Waals surface area contributed by atoms with Crippen LogP contribution in [0.5, 0.6) is 0 Å². The first kappa shape index (κ1) is 19.9. The van der Waals surface area contributed by atoms with E-state index in [1.807, 2.05) is 0 Å². The summed E-state index contributed by atoms with van der Waals surface area (Å²) in [5.74, 6) is -2.71. The number of aromatic nitrogens is 1. The molecule has 29 heavy (non-hydrogen) atoms. The number of hydrogen-bond donors (Lipinski definition) is 3. The summed E-state index contributed by atoms with van der Waals surface area (Å²) in [4.78, 5) is 4.22. The van der Waals surface area contributed by atoms with E-state index in [0.29, 0.717) is 31.7 Å². The van der Waals surface area contributed by atoms with Gasteiger partial charge in [0.2, 0.25) is 0 Å². The summed E-state index contributed by atoms with van der Waals surface area (Å²) in [7, 11) is 0. The lowest BCUT2D eigenvalue weighted by Crippen LogP contribution is -2.35. The quantitative estimate of drug-likeness (QED) is 0.688. The number of pyridine rings is 1. The van der Waals surface area contributed by atoms with E-state index in [0.717, 1.165) is 0 Å². The van der Waals surface area contributed by atoms with Gasteiger partial charge in [-0.25, -0.2) is 18.2 Å². The van der Waals surface area contributed by atoms with Crippen LogP contribution in [-0.4, -0.2) is 21.8 Å². The van der Waals surface area contributed by atoms with E-state index in [4.69, 9.17) is 5.73 Å². The number of aliphatic hydroxyl groups is 2. The molecule has 2 saturated carbocycles. The van der Waals surface area contributed by atoms with E-state index in [-0.39, 0.29) is 39.7 Å². The number of rotatable bonds is 6. The molecule has 0 saturated heterocycles. The molecule has 4 rings (SSSR count). The number of halogens is 3. The third kappa shape index (κ3) is 3.04. The summed E-state index contributed by atoms with van der Waals surface area (Å²) in [5, 5.41) is 21.0. The number of nitrogens with zero attached hydrogens (tertiary/aromatic N) is 1. The van der Waals surface area contributed by atoms with Crippen LogP contribution in [0, 0.1) is 30.3 Å². The number of aryl methyl sites for hydroxylation is 1. The van der Waals surface area contributed by atoms with Crippen LogP contribution in [0.15, 0.2) is 30.5 Å². The first-order valence-electron chi connectivity index (χ1n) is 9.59. The Hall–Kier alpha value is -2.38. The van der Waals surface area contributed by atoms with Gasteiger partial charge in [0.15, 0.2) is 5.82 Å². The molecule has 1 aromatic carbocycles. The first-order chi connectivity index (χ1) is 13.6. The lowest BCUT2D eigenvalue weighted by Gasteiger charge is -2.28. The Morgan fingerprint density at radius 2 is 1.90 bits per heavy atom. The van der Waals surface area contributed by atoms with Crippen LogP contribution in [0.2, 0.25) is 0 Å². The molecule has 0 aliphatic heterocycles. The van der Waals surface area contributed by atoms with E-state index in [1.165, 1.54) is 19.1 Å². The molecule has 0 bridgehead atoms. The van der Waals surface area contributed by atoms with Crippen molar-refractivity contribution < 1.29 is 23.4 Å². The molecule has 1 atom stereocenters. The molecule has 2 aliphatic rings. The maximum atomic E-state index is 15.6. The van der Waals surface area contributed by atoms with Gasteiger partial charge in [0.05, 0.1) is 12.3 Å².